The van der Waals surface area contributed by atoms with Crippen LogP contribution in [0.3, 0.4) is 0 Å². The van der Waals surface area contributed by atoms with Gasteiger partial charge in [0.25, 0.3) is 0 Å². The van der Waals surface area contributed by atoms with Crippen LogP contribution in [-0.2, 0) is 62.8 Å². The fraction of sp³-hybridized carbons (Fsp3) is 0.381. The molecule has 0 fully saturated rings. The molecule has 92 heavy (non-hydrogen) atoms. The first kappa shape index (κ1) is 67.4. The Bertz CT molecular complexity index is 4200. The van der Waals surface area contributed by atoms with Gasteiger partial charge in [0, 0.05) is 11.1 Å². The predicted molar refractivity (Wildman–Crippen MR) is 387 cm³/mol. The average Bonchev–Trinajstić information content (AvgIpc) is 1.57. The summed E-state index contributed by atoms with van der Waals surface area (Å²) >= 11 is 0. The number of hydrogen-bond donors (Lipinski definition) is 1. The van der Waals surface area contributed by atoms with Gasteiger partial charge >= 0.3 is 19.5 Å². The van der Waals surface area contributed by atoms with E-state index in [1.54, 1.807) is 0 Å². The summed E-state index contributed by atoms with van der Waals surface area (Å²) in [6.07, 6.45) is 5.30. The third kappa shape index (κ3) is 13.2. The van der Waals surface area contributed by atoms with Crippen molar-refractivity contribution in [1.29, 1.82) is 0 Å². The molecule has 0 saturated heterocycles. The molecule has 0 atom stereocenters. The summed E-state index contributed by atoms with van der Waals surface area (Å²) in [4.78, 5) is 45.6. The van der Waals surface area contributed by atoms with E-state index in [1.165, 1.54) is 44.5 Å². The number of nitrogens with one attached hydrogen (secondary N) is 1. The Kier molecular flexibility index (Phi) is 17.0. The van der Waals surface area contributed by atoms with E-state index in [2.05, 4.69) is 280 Å². The second kappa shape index (κ2) is 23.2. The number of benzene rings is 5. The molecule has 0 aliphatic carbocycles. The minimum Gasteiger partial charge on any atom is -0.657 e. The summed E-state index contributed by atoms with van der Waals surface area (Å²) in [6.45, 7) is 55.1. The molecule has 5 aromatic carbocycles. The number of nitrogens with zero attached hydrogens (tertiary/aromatic N) is 5. The molecule has 6 heterocycles. The minimum atomic E-state index is -0.208. The average molecular weight is 1270 g/mol. The maximum atomic E-state index is 12.1. The third-order valence-corrected chi connectivity index (χ3v) is 18.5. The summed E-state index contributed by atoms with van der Waals surface area (Å²) in [7, 11) is 0. The number of aldehydes is 1. The quantitative estimate of drug-likeness (QED) is 0.132. The van der Waals surface area contributed by atoms with E-state index < -0.39 is 0 Å². The molecule has 8 heteroatoms. The van der Waals surface area contributed by atoms with Crippen LogP contribution in [-0.4, -0.2) is 26.2 Å². The van der Waals surface area contributed by atoms with Crippen molar-refractivity contribution in [2.45, 2.75) is 209 Å². The number of imidazole rings is 1. The number of carbonyl (C=O) groups excluding carboxylic acids is 1. The smallest absolute Gasteiger partial charge is 0.657 e. The van der Waals surface area contributed by atoms with Gasteiger partial charge < -0.3 is 15.0 Å². The van der Waals surface area contributed by atoms with Crippen molar-refractivity contribution in [3.8, 4) is 78.7 Å². The van der Waals surface area contributed by atoms with Gasteiger partial charge in [0.1, 0.15) is 17.8 Å². The third-order valence-electron chi connectivity index (χ3n) is 18.5. The van der Waals surface area contributed by atoms with Crippen LogP contribution >= 0.6 is 0 Å². The van der Waals surface area contributed by atoms with Crippen LogP contribution in [0.15, 0.2) is 121 Å². The summed E-state index contributed by atoms with van der Waals surface area (Å²) in [5.41, 5.74) is 25.2. The van der Waals surface area contributed by atoms with Crippen molar-refractivity contribution in [3.63, 3.8) is 0 Å². The largest absolute Gasteiger partial charge is 2.00 e. The van der Waals surface area contributed by atoms with E-state index in [-0.39, 0.29) is 62.8 Å². The predicted octanol–water partition coefficient (Wildman–Crippen LogP) is 22.3. The van der Waals surface area contributed by atoms with Crippen LogP contribution in [0.1, 0.15) is 232 Å². The molecule has 0 unspecified atom stereocenters. The monoisotopic (exact) mass is 1270 g/mol. The van der Waals surface area contributed by atoms with Gasteiger partial charge in [-0.3, -0.25) is 4.79 Å². The molecule has 4 aromatic heterocycles. The molecule has 2 aliphatic rings. The standard InChI is InChI=1S/C84H97N6O.Zn/c1-77(2,3)54-35-50(36-55(43-54)78(4,5)6)68-62-29-30-63(85-62)69(51-37-56(79(7,8)9)44-57(38-51)80(10,11)12)65-32-34-67(87-65)71(53-41-60(83(19,20)21)46-61(42-53)84(22,23)24)73-75-74(89-76(90-75)49-27-25-48(47-91)26-28-49)72(88-73)70(66-33-31-64(68)86-66)52-39-58(81(13,14)15)45-59(40-52)82(16,17)18;/h25-47H,1-24H3,(H2-,85,86,87,88,89,90,91);/q-1;+2/p-1. The van der Waals surface area contributed by atoms with Crippen LogP contribution in [0.5, 0.6) is 0 Å². The zero-order chi connectivity index (χ0) is 66.2. The Morgan fingerprint density at radius 3 is 0.891 bits per heavy atom. The van der Waals surface area contributed by atoms with E-state index in [4.69, 9.17) is 24.9 Å². The zero-order valence-electron chi connectivity index (χ0n) is 59.6. The maximum absolute atomic E-state index is 12.1. The number of rotatable bonds is 6. The molecule has 0 saturated carbocycles. The molecule has 0 amide bonds. The molecular formula is C84H96N6OZn. The maximum Gasteiger partial charge on any atom is 2.00 e. The van der Waals surface area contributed by atoms with Gasteiger partial charge in [-0.15, -0.1) is 22.1 Å². The van der Waals surface area contributed by atoms with Crippen LogP contribution < -0.4 is 9.97 Å². The van der Waals surface area contributed by atoms with E-state index in [0.717, 1.165) is 101 Å². The normalized spacial score (nSPS) is 13.3. The molecule has 8 bridgehead atoms. The van der Waals surface area contributed by atoms with Crippen LogP contribution in [0, 0.1) is 0 Å². The van der Waals surface area contributed by atoms with Crippen molar-refractivity contribution >= 4 is 40.5 Å². The molecule has 2 aliphatic heterocycles. The minimum absolute atomic E-state index is 0. The van der Waals surface area contributed by atoms with Gasteiger partial charge in [0.15, 0.2) is 0 Å². The van der Waals surface area contributed by atoms with Crippen LogP contribution in [0.25, 0.3) is 113 Å². The summed E-state index contributed by atoms with van der Waals surface area (Å²) < 4.78 is 0. The molecule has 0 radical (unpaired) electrons. The van der Waals surface area contributed by atoms with E-state index >= 15 is 0 Å². The van der Waals surface area contributed by atoms with E-state index in [9.17, 15) is 4.79 Å². The zero-order valence-corrected chi connectivity index (χ0v) is 62.6. The molecule has 470 valence electrons. The van der Waals surface area contributed by atoms with E-state index in [0.29, 0.717) is 22.8 Å². The second-order valence-corrected chi connectivity index (χ2v) is 34.2. The van der Waals surface area contributed by atoms with Gasteiger partial charge in [0.05, 0.1) is 28.5 Å². The number of fused-ring (bicyclic) bond motifs is 11. The Morgan fingerprint density at radius 2 is 0.598 bits per heavy atom. The Morgan fingerprint density at radius 1 is 0.315 bits per heavy atom. The summed E-state index contributed by atoms with van der Waals surface area (Å²) in [5, 5.41) is 0. The number of H-pyrrole nitrogens is 1. The Balaban J connectivity index is 0.00000927. The molecule has 9 aromatic rings. The molecule has 11 rings (SSSR count). The molecule has 7 nitrogen and oxygen atoms in total. The number of hydrogen-bond acceptors (Lipinski definition) is 4. The van der Waals surface area contributed by atoms with Crippen molar-refractivity contribution < 1.29 is 24.3 Å². The van der Waals surface area contributed by atoms with Crippen molar-refractivity contribution in [3.05, 3.63) is 183 Å². The van der Waals surface area contributed by atoms with Crippen molar-refractivity contribution in [2.24, 2.45) is 0 Å². The van der Waals surface area contributed by atoms with Crippen LogP contribution in [0.2, 0.25) is 0 Å². The number of carbonyl (C=O) groups is 1. The summed E-state index contributed by atoms with van der Waals surface area (Å²) in [5.74, 6) is 0.662. The Hall–Kier alpha value is -7.54. The van der Waals surface area contributed by atoms with Gasteiger partial charge in [-0.05, 0) is 144 Å². The first-order valence-electron chi connectivity index (χ1n) is 32.7. The van der Waals surface area contributed by atoms with Gasteiger partial charge in [-0.25, -0.2) is 15.0 Å². The summed E-state index contributed by atoms with van der Waals surface area (Å²) in [6, 6.07) is 44.9. The van der Waals surface area contributed by atoms with Gasteiger partial charge in [-0.2, -0.15) is 0 Å². The van der Waals surface area contributed by atoms with Gasteiger partial charge in [0.2, 0.25) is 0 Å². The topological polar surface area (TPSA) is 99.7 Å². The fourth-order valence-corrected chi connectivity index (χ4v) is 12.3. The number of aromatic nitrogens is 6. The molecular weight excluding hydrogens is 1170 g/mol. The Labute approximate surface area is 562 Å². The first-order valence-corrected chi connectivity index (χ1v) is 32.7. The van der Waals surface area contributed by atoms with E-state index in [1.807, 2.05) is 24.3 Å². The molecule has 0 spiro atoms. The first-order chi connectivity index (χ1) is 42.0. The fourth-order valence-electron chi connectivity index (χ4n) is 12.3. The van der Waals surface area contributed by atoms with Gasteiger partial charge in [-0.1, -0.05) is 287 Å². The number of aromatic amines is 1. The van der Waals surface area contributed by atoms with Crippen molar-refractivity contribution in [1.82, 2.24) is 29.9 Å². The molecule has 1 N–H and O–H groups in total. The SMILES string of the molecule is CC(C)(C)c1cc(-c2c3nc(c(-c4cc(C(C)(C)C)cc(C(C)(C)C)c4)c4ccc([n-]4)c(-c4cc(C(C)(C)C)cc(C(C)(C)C)c4)c4nc(c(-c5cc(C(C)(C)C)cc(C(C)(C)C)c5)c5ccc2[n-]5)-c2nc(-c5ccc(C=O)cc5)[nH]c2-4)C=C3)cc(C(C)(C)C)c1.[Zn+2]. The van der Waals surface area contributed by atoms with Crippen LogP contribution in [0.4, 0.5) is 0 Å². The second-order valence-electron chi connectivity index (χ2n) is 34.2. The van der Waals surface area contributed by atoms with Crippen molar-refractivity contribution in [2.75, 3.05) is 0 Å².